The van der Waals surface area contributed by atoms with Crippen molar-refractivity contribution in [2.45, 2.75) is 29.3 Å². The van der Waals surface area contributed by atoms with Gasteiger partial charge < -0.3 is 10.2 Å². The van der Waals surface area contributed by atoms with E-state index in [1.165, 1.54) is 18.2 Å². The molecule has 1 aliphatic rings. The number of halogens is 10. The van der Waals surface area contributed by atoms with Gasteiger partial charge in [0.2, 0.25) is 5.91 Å². The van der Waals surface area contributed by atoms with Gasteiger partial charge in [0.05, 0.1) is 31.6 Å². The predicted molar refractivity (Wildman–Crippen MR) is 123 cm³/mol. The first-order valence-electron chi connectivity index (χ1n) is 9.36. The molecule has 1 aliphatic heterocycles. The van der Waals surface area contributed by atoms with Crippen LogP contribution in [0.25, 0.3) is 0 Å². The number of hydrogen-bond acceptors (Lipinski definition) is 4. The van der Waals surface area contributed by atoms with Crippen LogP contribution >= 0.6 is 58.2 Å². The van der Waals surface area contributed by atoms with Crippen LogP contribution in [0, 0.1) is 0 Å². The smallest absolute Gasteiger partial charge is 0.374 e. The summed E-state index contributed by atoms with van der Waals surface area (Å²) in [4.78, 5) is 16.8. The Bertz CT molecular complexity index is 1150. The fourth-order valence-corrected chi connectivity index (χ4v) is 4.73. The van der Waals surface area contributed by atoms with Crippen molar-refractivity contribution >= 4 is 69.8 Å². The topological polar surface area (TPSA) is 50.7 Å². The number of oxime groups is 1. The zero-order chi connectivity index (χ0) is 26.2. The van der Waals surface area contributed by atoms with Crippen molar-refractivity contribution in [2.24, 2.45) is 5.16 Å². The molecule has 15 heteroatoms. The molecule has 0 bridgehead atoms. The molecule has 2 aromatic carbocycles. The highest BCUT2D eigenvalue weighted by atomic mass is 35.5. The summed E-state index contributed by atoms with van der Waals surface area (Å²) >= 11 is 24.7. The molecule has 1 heterocycles. The molecule has 4 nitrogen and oxygen atoms in total. The van der Waals surface area contributed by atoms with E-state index in [0.29, 0.717) is 4.90 Å². The number of carbonyl (C=O) groups is 1. The average Bonchev–Trinajstić information content (AvgIpc) is 3.21. The van der Waals surface area contributed by atoms with Crippen LogP contribution < -0.4 is 5.32 Å². The second-order valence-electron chi connectivity index (χ2n) is 7.21. The third-order valence-electron chi connectivity index (χ3n) is 4.75. The van der Waals surface area contributed by atoms with E-state index in [-0.39, 0.29) is 37.1 Å². The molecule has 2 aromatic rings. The Morgan fingerprint density at radius 3 is 2.20 bits per heavy atom. The summed E-state index contributed by atoms with van der Waals surface area (Å²) < 4.78 is 79.0. The number of alkyl halides is 6. The maximum Gasteiger partial charge on any atom is 0.435 e. The summed E-state index contributed by atoms with van der Waals surface area (Å²) in [6.07, 6.45) is -10.2. The zero-order valence-electron chi connectivity index (χ0n) is 17.0. The van der Waals surface area contributed by atoms with Gasteiger partial charge in [-0.05, 0) is 24.3 Å². The van der Waals surface area contributed by atoms with Crippen molar-refractivity contribution in [3.8, 4) is 0 Å². The molecule has 3 rings (SSSR count). The van der Waals surface area contributed by atoms with Crippen LogP contribution in [0.2, 0.25) is 20.1 Å². The van der Waals surface area contributed by atoms with Gasteiger partial charge in [0.1, 0.15) is 6.54 Å². The van der Waals surface area contributed by atoms with Crippen LogP contribution in [-0.2, 0) is 15.2 Å². The van der Waals surface area contributed by atoms with Gasteiger partial charge in [-0.25, -0.2) is 0 Å². The highest BCUT2D eigenvalue weighted by molar-refractivity contribution is 8.00. The molecule has 0 aliphatic carbocycles. The molecule has 0 saturated heterocycles. The van der Waals surface area contributed by atoms with Gasteiger partial charge in [-0.15, -0.1) is 11.8 Å². The molecule has 0 saturated carbocycles. The van der Waals surface area contributed by atoms with E-state index >= 15 is 0 Å². The second kappa shape index (κ2) is 10.5. The largest absolute Gasteiger partial charge is 0.435 e. The molecule has 0 unspecified atom stereocenters. The van der Waals surface area contributed by atoms with Gasteiger partial charge in [0.25, 0.3) is 5.60 Å². The minimum atomic E-state index is -4.91. The number of benzene rings is 2. The molecule has 35 heavy (non-hydrogen) atoms. The molecule has 0 aromatic heterocycles. The summed E-state index contributed by atoms with van der Waals surface area (Å²) in [5.74, 6) is -1.22. The van der Waals surface area contributed by atoms with Crippen molar-refractivity contribution in [2.75, 3.05) is 12.3 Å². The first kappa shape index (κ1) is 28.0. The summed E-state index contributed by atoms with van der Waals surface area (Å²) in [6.45, 7) is -1.47. The Kier molecular flexibility index (Phi) is 8.38. The normalized spacial score (nSPS) is 18.3. The third-order valence-corrected chi connectivity index (χ3v) is 7.44. The van der Waals surface area contributed by atoms with Crippen LogP contribution in [0.5, 0.6) is 0 Å². The van der Waals surface area contributed by atoms with E-state index in [2.05, 4.69) is 5.16 Å². The van der Waals surface area contributed by atoms with Gasteiger partial charge in [0, 0.05) is 22.4 Å². The maximum atomic E-state index is 14.2. The Hall–Kier alpha value is -1.53. The average molecular weight is 600 g/mol. The van der Waals surface area contributed by atoms with Gasteiger partial charge in [-0.3, -0.25) is 4.79 Å². The molecule has 1 amide bonds. The Balaban J connectivity index is 1.78. The van der Waals surface area contributed by atoms with Crippen LogP contribution in [0.4, 0.5) is 26.3 Å². The Labute approximate surface area is 218 Å². The van der Waals surface area contributed by atoms with Gasteiger partial charge in [-0.2, -0.15) is 26.3 Å². The number of nitrogens with zero attached hydrogens (tertiary/aromatic N) is 1. The number of hydrogen-bond donors (Lipinski definition) is 1. The van der Waals surface area contributed by atoms with E-state index in [9.17, 15) is 31.1 Å². The molecule has 0 radical (unpaired) electrons. The lowest BCUT2D eigenvalue weighted by Gasteiger charge is -2.30. The summed E-state index contributed by atoms with van der Waals surface area (Å²) in [5.41, 5.74) is -3.15. The van der Waals surface area contributed by atoms with E-state index in [1.807, 2.05) is 0 Å². The van der Waals surface area contributed by atoms with E-state index in [1.54, 1.807) is 5.32 Å². The third kappa shape index (κ3) is 6.43. The lowest BCUT2D eigenvalue weighted by molar-refractivity contribution is -0.275. The van der Waals surface area contributed by atoms with Crippen LogP contribution in [0.15, 0.2) is 40.4 Å². The van der Waals surface area contributed by atoms with Crippen molar-refractivity contribution in [1.29, 1.82) is 0 Å². The second-order valence-corrected chi connectivity index (χ2v) is 9.83. The fraction of sp³-hybridized carbons (Fsp3) is 0.300. The van der Waals surface area contributed by atoms with E-state index in [4.69, 9.17) is 51.2 Å². The molecule has 0 fully saturated rings. The predicted octanol–water partition coefficient (Wildman–Crippen LogP) is 7.65. The highest BCUT2D eigenvalue weighted by Crippen LogP contribution is 2.50. The number of amides is 1. The zero-order valence-corrected chi connectivity index (χ0v) is 20.8. The number of thioether (sulfide) groups is 1. The molecule has 1 N–H and O–H groups in total. The minimum Gasteiger partial charge on any atom is -0.374 e. The minimum absolute atomic E-state index is 0.0564. The highest BCUT2D eigenvalue weighted by Gasteiger charge is 2.62. The number of nitrogens with one attached hydrogen (secondary N) is 1. The first-order chi connectivity index (χ1) is 16.1. The van der Waals surface area contributed by atoms with Crippen LogP contribution in [0.1, 0.15) is 17.5 Å². The lowest BCUT2D eigenvalue weighted by Crippen LogP contribution is -2.42. The van der Waals surface area contributed by atoms with Crippen LogP contribution in [0.3, 0.4) is 0 Å². The number of rotatable bonds is 6. The van der Waals surface area contributed by atoms with Crippen LogP contribution in [-0.4, -0.2) is 36.3 Å². The summed E-state index contributed by atoms with van der Waals surface area (Å²) in [7, 11) is 0. The van der Waals surface area contributed by atoms with E-state index < -0.39 is 42.4 Å². The monoisotopic (exact) mass is 598 g/mol. The summed E-state index contributed by atoms with van der Waals surface area (Å²) in [6, 6.07) is 6.12. The van der Waals surface area contributed by atoms with Gasteiger partial charge in [-0.1, -0.05) is 57.6 Å². The summed E-state index contributed by atoms with van der Waals surface area (Å²) in [5, 5.41) is 4.89. The van der Waals surface area contributed by atoms with Crippen molar-refractivity contribution < 1.29 is 36.0 Å². The molecule has 1 atom stereocenters. The fourth-order valence-electron chi connectivity index (χ4n) is 3.04. The van der Waals surface area contributed by atoms with Gasteiger partial charge >= 0.3 is 12.4 Å². The van der Waals surface area contributed by atoms with E-state index in [0.717, 1.165) is 23.9 Å². The number of carbonyl (C=O) groups excluding carboxylic acids is 1. The standard InChI is InChI=1S/C20H12Cl4F6N2O2S/c21-11-3-9(1-2-15(11)35-7-16(33)31-8-19(25,26)27)14-6-18(34-32-14,20(28,29)30)10-4-12(22)17(24)13(23)5-10/h1-5H,6-8H2,(H,31,33)/t18-/m0/s1. The Morgan fingerprint density at radius 2 is 1.66 bits per heavy atom. The Morgan fingerprint density at radius 1 is 1.03 bits per heavy atom. The van der Waals surface area contributed by atoms with Crippen molar-refractivity contribution in [3.05, 3.63) is 61.5 Å². The first-order valence-corrected chi connectivity index (χ1v) is 11.9. The molecular weight excluding hydrogens is 588 g/mol. The quantitative estimate of drug-likeness (QED) is 0.211. The molecule has 0 spiro atoms. The van der Waals surface area contributed by atoms with Crippen molar-refractivity contribution in [1.82, 2.24) is 5.32 Å². The maximum absolute atomic E-state index is 14.2. The SMILES string of the molecule is O=C(CSc1ccc(C2=NO[C@@](c3cc(Cl)c(Cl)c(Cl)c3)(C(F)(F)F)C2)cc1Cl)NCC(F)(F)F. The molecule has 190 valence electrons. The lowest BCUT2D eigenvalue weighted by atomic mass is 9.86. The van der Waals surface area contributed by atoms with Gasteiger partial charge in [0.15, 0.2) is 0 Å². The van der Waals surface area contributed by atoms with Crippen molar-refractivity contribution in [3.63, 3.8) is 0 Å². The molecular formula is C20H12Cl4F6N2O2S.